The lowest BCUT2D eigenvalue weighted by Crippen LogP contribution is -2.34. The van der Waals surface area contributed by atoms with Crippen molar-refractivity contribution in [2.24, 2.45) is 5.92 Å². The summed E-state index contributed by atoms with van der Waals surface area (Å²) in [5, 5.41) is 8.05. The van der Waals surface area contributed by atoms with Gasteiger partial charge >= 0.3 is 0 Å². The summed E-state index contributed by atoms with van der Waals surface area (Å²) in [4.78, 5) is 14.3. The van der Waals surface area contributed by atoms with Crippen LogP contribution >= 0.6 is 11.6 Å². The first-order valence-electron chi connectivity index (χ1n) is 10.3. The zero-order valence-corrected chi connectivity index (χ0v) is 17.5. The average Bonchev–Trinajstić information content (AvgIpc) is 3.40. The highest BCUT2D eigenvalue weighted by molar-refractivity contribution is 6.30. The molecule has 0 spiro atoms. The third-order valence-electron chi connectivity index (χ3n) is 6.61. The number of ether oxygens (including phenoxy) is 1. The van der Waals surface area contributed by atoms with E-state index in [1.165, 1.54) is 11.1 Å². The Morgan fingerprint density at radius 2 is 2.14 bits per heavy atom. The Morgan fingerprint density at radius 3 is 2.93 bits per heavy atom. The highest BCUT2D eigenvalue weighted by Crippen LogP contribution is 2.56. The molecule has 2 aromatic rings. The summed E-state index contributed by atoms with van der Waals surface area (Å²) >= 11 is 6.19. The van der Waals surface area contributed by atoms with E-state index in [0.717, 1.165) is 41.4 Å². The monoisotopic (exact) mass is 411 g/mol. The molecule has 29 heavy (non-hydrogen) atoms. The van der Waals surface area contributed by atoms with Crippen molar-refractivity contribution in [1.29, 1.82) is 0 Å². The number of nitrogens with zero attached hydrogens (tertiary/aromatic N) is 1. The number of benzene rings is 2. The fraction of sp³-hybridized carbons (Fsp3) is 0.435. The van der Waals surface area contributed by atoms with Crippen molar-refractivity contribution in [2.45, 2.75) is 37.4 Å². The number of carbonyl (C=O) groups excluding carboxylic acids is 1. The highest BCUT2D eigenvalue weighted by atomic mass is 35.5. The van der Waals surface area contributed by atoms with Crippen molar-refractivity contribution in [3.05, 3.63) is 58.1 Å². The first-order valence-corrected chi connectivity index (χ1v) is 10.6. The number of halogens is 1. The number of fused-ring (bicyclic) bond motifs is 3. The maximum absolute atomic E-state index is 12.4. The van der Waals surface area contributed by atoms with Gasteiger partial charge in [0.05, 0.1) is 7.11 Å². The SMILES string of the molecule is COc1cc2c(cc1CN[C@@H]1CCN[C@H]1c1cccc(Cl)c1)N(C)C(=O)[C@@H]1C[C@H]21. The number of nitrogens with one attached hydrogen (secondary N) is 2. The summed E-state index contributed by atoms with van der Waals surface area (Å²) in [7, 11) is 3.61. The first kappa shape index (κ1) is 18.9. The minimum Gasteiger partial charge on any atom is -0.496 e. The van der Waals surface area contributed by atoms with E-state index in [-0.39, 0.29) is 17.9 Å². The number of rotatable bonds is 5. The minimum atomic E-state index is 0.171. The molecule has 152 valence electrons. The van der Waals surface area contributed by atoms with Gasteiger partial charge in [0.15, 0.2) is 0 Å². The normalized spacial score (nSPS) is 27.6. The lowest BCUT2D eigenvalue weighted by molar-refractivity contribution is -0.119. The molecule has 1 aliphatic carbocycles. The van der Waals surface area contributed by atoms with Gasteiger partial charge in [0.1, 0.15) is 5.75 Å². The Hall–Kier alpha value is -2.08. The predicted octanol–water partition coefficient (Wildman–Crippen LogP) is 3.62. The lowest BCUT2D eigenvalue weighted by Gasteiger charge is -2.28. The molecule has 5 rings (SSSR count). The molecule has 0 radical (unpaired) electrons. The number of carbonyl (C=O) groups is 1. The number of anilines is 1. The lowest BCUT2D eigenvalue weighted by atomic mass is 9.97. The topological polar surface area (TPSA) is 53.6 Å². The molecule has 2 aliphatic heterocycles. The summed E-state index contributed by atoms with van der Waals surface area (Å²) in [6.45, 7) is 1.66. The summed E-state index contributed by atoms with van der Waals surface area (Å²) in [5.74, 6) is 1.68. The van der Waals surface area contributed by atoms with E-state index in [1.54, 1.807) is 7.11 Å². The van der Waals surface area contributed by atoms with Crippen molar-refractivity contribution in [2.75, 3.05) is 25.6 Å². The molecule has 4 atom stereocenters. The molecule has 2 N–H and O–H groups in total. The Morgan fingerprint density at radius 1 is 1.28 bits per heavy atom. The largest absolute Gasteiger partial charge is 0.496 e. The summed E-state index contributed by atoms with van der Waals surface area (Å²) in [6.07, 6.45) is 2.01. The Labute approximate surface area is 176 Å². The van der Waals surface area contributed by atoms with Crippen LogP contribution < -0.4 is 20.3 Å². The van der Waals surface area contributed by atoms with E-state index >= 15 is 0 Å². The second-order valence-corrected chi connectivity index (χ2v) is 8.77. The van der Waals surface area contributed by atoms with Crippen LogP contribution in [0.2, 0.25) is 5.02 Å². The third kappa shape index (κ3) is 3.31. The van der Waals surface area contributed by atoms with Crippen LogP contribution in [0.3, 0.4) is 0 Å². The fourth-order valence-corrected chi connectivity index (χ4v) is 5.14. The molecule has 2 aromatic carbocycles. The molecule has 0 bridgehead atoms. The van der Waals surface area contributed by atoms with Gasteiger partial charge in [-0.3, -0.25) is 4.79 Å². The van der Waals surface area contributed by atoms with E-state index in [9.17, 15) is 4.79 Å². The van der Waals surface area contributed by atoms with Crippen LogP contribution in [-0.4, -0.2) is 32.7 Å². The van der Waals surface area contributed by atoms with Crippen LogP contribution in [-0.2, 0) is 11.3 Å². The Balaban J connectivity index is 1.37. The molecule has 5 nitrogen and oxygen atoms in total. The van der Waals surface area contributed by atoms with Crippen LogP contribution in [0, 0.1) is 5.92 Å². The maximum atomic E-state index is 12.4. The van der Waals surface area contributed by atoms with E-state index in [2.05, 4.69) is 28.8 Å². The van der Waals surface area contributed by atoms with E-state index < -0.39 is 0 Å². The van der Waals surface area contributed by atoms with Crippen molar-refractivity contribution in [1.82, 2.24) is 10.6 Å². The minimum absolute atomic E-state index is 0.171. The molecule has 2 fully saturated rings. The molecule has 1 saturated carbocycles. The van der Waals surface area contributed by atoms with Gasteiger partial charge in [0.25, 0.3) is 0 Å². The predicted molar refractivity (Wildman–Crippen MR) is 115 cm³/mol. The van der Waals surface area contributed by atoms with Gasteiger partial charge in [-0.2, -0.15) is 0 Å². The first-order chi connectivity index (χ1) is 14.1. The van der Waals surface area contributed by atoms with E-state index in [4.69, 9.17) is 16.3 Å². The van der Waals surface area contributed by atoms with Crippen molar-refractivity contribution in [3.63, 3.8) is 0 Å². The standard InChI is InChI=1S/C23H26ClN3O2/c1-27-20-9-14(21(29-2)11-17(20)16-10-18(16)23(27)28)12-26-19-6-7-25-22(19)13-4-3-5-15(24)8-13/h3-5,8-9,11,16,18-19,22,25-26H,6-7,10,12H2,1-2H3/t16-,18-,19-,22+/m1/s1. The van der Waals surface area contributed by atoms with Gasteiger partial charge in [0.2, 0.25) is 5.91 Å². The molecule has 0 aromatic heterocycles. The molecule has 1 saturated heterocycles. The smallest absolute Gasteiger partial charge is 0.230 e. The van der Waals surface area contributed by atoms with Crippen LogP contribution in [0.4, 0.5) is 5.69 Å². The number of hydrogen-bond donors (Lipinski definition) is 2. The molecule has 3 aliphatic rings. The van der Waals surface area contributed by atoms with Gasteiger partial charge in [0, 0.05) is 47.9 Å². The van der Waals surface area contributed by atoms with E-state index in [0.29, 0.717) is 18.5 Å². The maximum Gasteiger partial charge on any atom is 0.230 e. The molecule has 2 heterocycles. The van der Waals surface area contributed by atoms with Crippen molar-refractivity contribution >= 4 is 23.2 Å². The zero-order chi connectivity index (χ0) is 20.1. The Kier molecular flexibility index (Phi) is 4.77. The average molecular weight is 412 g/mol. The van der Waals surface area contributed by atoms with Crippen LogP contribution in [0.5, 0.6) is 5.75 Å². The molecular formula is C23H26ClN3O2. The van der Waals surface area contributed by atoms with Gasteiger partial charge in [-0.15, -0.1) is 0 Å². The van der Waals surface area contributed by atoms with Crippen molar-refractivity contribution in [3.8, 4) is 5.75 Å². The zero-order valence-electron chi connectivity index (χ0n) is 16.7. The molecule has 1 amide bonds. The van der Waals surface area contributed by atoms with Gasteiger partial charge in [-0.25, -0.2) is 0 Å². The second-order valence-electron chi connectivity index (χ2n) is 8.33. The number of hydrogen-bond acceptors (Lipinski definition) is 4. The quantitative estimate of drug-likeness (QED) is 0.789. The van der Waals surface area contributed by atoms with Crippen molar-refractivity contribution < 1.29 is 9.53 Å². The molecule has 0 unspecified atom stereocenters. The fourth-order valence-electron chi connectivity index (χ4n) is 4.94. The summed E-state index contributed by atoms with van der Waals surface area (Å²) in [5.41, 5.74) is 4.57. The summed E-state index contributed by atoms with van der Waals surface area (Å²) in [6, 6.07) is 12.9. The molecular weight excluding hydrogens is 386 g/mol. The number of amides is 1. The summed E-state index contributed by atoms with van der Waals surface area (Å²) < 4.78 is 5.71. The molecule has 6 heteroatoms. The van der Waals surface area contributed by atoms with E-state index in [1.807, 2.05) is 30.1 Å². The second kappa shape index (κ2) is 7.31. The van der Waals surface area contributed by atoms with Gasteiger partial charge < -0.3 is 20.3 Å². The number of methoxy groups -OCH3 is 1. The third-order valence-corrected chi connectivity index (χ3v) is 6.85. The highest BCUT2D eigenvalue weighted by Gasteiger charge is 2.50. The van der Waals surface area contributed by atoms with Crippen LogP contribution in [0.25, 0.3) is 0 Å². The van der Waals surface area contributed by atoms with Crippen LogP contribution in [0.1, 0.15) is 41.5 Å². The van der Waals surface area contributed by atoms with Crippen LogP contribution in [0.15, 0.2) is 36.4 Å². The van der Waals surface area contributed by atoms with Gasteiger partial charge in [-0.05, 0) is 60.7 Å². The van der Waals surface area contributed by atoms with Gasteiger partial charge in [-0.1, -0.05) is 23.7 Å². The Bertz CT molecular complexity index is 963.